The van der Waals surface area contributed by atoms with E-state index in [9.17, 15) is 18.3 Å². The van der Waals surface area contributed by atoms with Gasteiger partial charge in [0.05, 0.1) is 12.7 Å². The summed E-state index contributed by atoms with van der Waals surface area (Å²) in [6.45, 7) is 6.10. The third-order valence-electron chi connectivity index (χ3n) is 4.52. The van der Waals surface area contributed by atoms with Crippen LogP contribution in [0.1, 0.15) is 31.0 Å². The average molecular weight is 346 g/mol. The molecule has 24 heavy (non-hydrogen) atoms. The van der Waals surface area contributed by atoms with Crippen molar-refractivity contribution in [3.05, 3.63) is 29.3 Å². The summed E-state index contributed by atoms with van der Waals surface area (Å²) in [4.78, 5) is 2.02. The summed E-state index contributed by atoms with van der Waals surface area (Å²) < 4.78 is 45.9. The third kappa shape index (κ3) is 4.02. The van der Waals surface area contributed by atoms with Crippen LogP contribution in [0.4, 0.5) is 13.2 Å². The van der Waals surface area contributed by atoms with Crippen LogP contribution in [0.15, 0.2) is 18.2 Å². The Morgan fingerprint density at radius 2 is 1.88 bits per heavy atom. The van der Waals surface area contributed by atoms with E-state index >= 15 is 0 Å². The fraction of sp³-hybridized carbons (Fsp3) is 0.647. The molecule has 4 nitrogen and oxygen atoms in total. The Bertz CT molecular complexity index is 555. The lowest BCUT2D eigenvalue weighted by molar-refractivity contribution is -0.139. The minimum atomic E-state index is -4.48. The highest BCUT2D eigenvalue weighted by Gasteiger charge is 2.42. The van der Waals surface area contributed by atoms with Crippen LogP contribution >= 0.6 is 0 Å². The second kappa shape index (κ2) is 7.29. The number of aliphatic hydroxyl groups excluding tert-OH is 1. The van der Waals surface area contributed by atoms with Crippen molar-refractivity contribution >= 4 is 0 Å². The number of alkyl halides is 3. The van der Waals surface area contributed by atoms with Crippen molar-refractivity contribution in [2.24, 2.45) is 5.41 Å². The fourth-order valence-corrected chi connectivity index (χ4v) is 3.29. The maximum absolute atomic E-state index is 13.6. The number of hydrogen-bond acceptors (Lipinski definition) is 4. The van der Waals surface area contributed by atoms with E-state index in [1.807, 2.05) is 4.90 Å². The first-order valence-corrected chi connectivity index (χ1v) is 8.01. The Morgan fingerprint density at radius 1 is 1.25 bits per heavy atom. The summed E-state index contributed by atoms with van der Waals surface area (Å²) in [5.41, 5.74) is -1.23. The highest BCUT2D eigenvalue weighted by molar-refractivity contribution is 5.40. The molecule has 1 aliphatic rings. The van der Waals surface area contributed by atoms with Gasteiger partial charge in [-0.15, -0.1) is 0 Å². The van der Waals surface area contributed by atoms with Crippen LogP contribution in [-0.2, 0) is 6.18 Å². The van der Waals surface area contributed by atoms with Crippen molar-refractivity contribution in [2.45, 2.75) is 26.1 Å². The van der Waals surface area contributed by atoms with Gasteiger partial charge in [0, 0.05) is 44.2 Å². The van der Waals surface area contributed by atoms with Crippen molar-refractivity contribution in [3.63, 3.8) is 0 Å². The maximum atomic E-state index is 13.6. The molecule has 0 radical (unpaired) electrons. The van der Waals surface area contributed by atoms with Gasteiger partial charge in [0.25, 0.3) is 0 Å². The van der Waals surface area contributed by atoms with E-state index in [-0.39, 0.29) is 17.9 Å². The van der Waals surface area contributed by atoms with Crippen molar-refractivity contribution in [3.8, 4) is 5.75 Å². The molecular formula is C17H25F3N2O2. The number of methoxy groups -OCH3 is 1. The Kier molecular flexibility index (Phi) is 5.78. The first-order chi connectivity index (χ1) is 11.2. The molecule has 2 N–H and O–H groups in total. The van der Waals surface area contributed by atoms with Gasteiger partial charge in [0.1, 0.15) is 5.75 Å². The quantitative estimate of drug-likeness (QED) is 0.860. The minimum absolute atomic E-state index is 0.173. The number of rotatable bonds is 5. The Morgan fingerprint density at radius 3 is 2.38 bits per heavy atom. The van der Waals surface area contributed by atoms with E-state index in [0.29, 0.717) is 13.1 Å². The summed E-state index contributed by atoms with van der Waals surface area (Å²) >= 11 is 0. The molecule has 136 valence electrons. The molecule has 2 rings (SSSR count). The van der Waals surface area contributed by atoms with Gasteiger partial charge in [-0.2, -0.15) is 13.2 Å². The van der Waals surface area contributed by atoms with Crippen LogP contribution in [0.25, 0.3) is 0 Å². The molecule has 1 fully saturated rings. The second-order valence-electron chi connectivity index (χ2n) is 6.79. The zero-order valence-electron chi connectivity index (χ0n) is 14.3. The highest BCUT2D eigenvalue weighted by Crippen LogP contribution is 2.45. The normalized spacial score (nSPS) is 18.5. The molecule has 0 bridgehead atoms. The predicted octanol–water partition coefficient (Wildman–Crippen LogP) is 2.68. The van der Waals surface area contributed by atoms with Gasteiger partial charge >= 0.3 is 6.18 Å². The van der Waals surface area contributed by atoms with Gasteiger partial charge in [-0.3, -0.25) is 4.90 Å². The summed E-state index contributed by atoms with van der Waals surface area (Å²) in [6, 6.07) is 3.53. The van der Waals surface area contributed by atoms with E-state index < -0.39 is 23.2 Å². The van der Waals surface area contributed by atoms with Crippen molar-refractivity contribution in [1.29, 1.82) is 0 Å². The number of halogens is 3. The van der Waals surface area contributed by atoms with Crippen LogP contribution in [0.2, 0.25) is 0 Å². The molecule has 0 spiro atoms. The Hall–Kier alpha value is -1.31. The first kappa shape index (κ1) is 19.0. The molecule has 1 atom stereocenters. The molecule has 7 heteroatoms. The Balaban J connectivity index is 2.56. The Labute approximate surface area is 140 Å². The van der Waals surface area contributed by atoms with Crippen LogP contribution in [0, 0.1) is 5.41 Å². The molecule has 1 saturated heterocycles. The third-order valence-corrected chi connectivity index (χ3v) is 4.52. The summed E-state index contributed by atoms with van der Waals surface area (Å²) in [5.74, 6) is 0.173. The second-order valence-corrected chi connectivity index (χ2v) is 6.79. The van der Waals surface area contributed by atoms with Crippen molar-refractivity contribution in [1.82, 2.24) is 10.2 Å². The van der Waals surface area contributed by atoms with Crippen LogP contribution in [0.3, 0.4) is 0 Å². The lowest BCUT2D eigenvalue weighted by Gasteiger charge is -2.44. The number of ether oxygens (including phenoxy) is 1. The molecule has 0 amide bonds. The van der Waals surface area contributed by atoms with Gasteiger partial charge in [0.15, 0.2) is 0 Å². The van der Waals surface area contributed by atoms with Crippen LogP contribution in [-0.4, -0.2) is 49.9 Å². The molecule has 1 aromatic rings. The summed E-state index contributed by atoms with van der Waals surface area (Å²) in [7, 11) is 1.35. The van der Waals surface area contributed by atoms with E-state index in [0.717, 1.165) is 19.2 Å². The van der Waals surface area contributed by atoms with E-state index in [2.05, 4.69) is 5.32 Å². The monoisotopic (exact) mass is 346 g/mol. The van der Waals surface area contributed by atoms with E-state index in [4.69, 9.17) is 4.74 Å². The van der Waals surface area contributed by atoms with Gasteiger partial charge in [0.2, 0.25) is 0 Å². The number of aliphatic hydroxyl groups is 1. The zero-order chi connectivity index (χ0) is 18.0. The van der Waals surface area contributed by atoms with Gasteiger partial charge < -0.3 is 15.2 Å². The van der Waals surface area contributed by atoms with Crippen molar-refractivity contribution < 1.29 is 23.0 Å². The first-order valence-electron chi connectivity index (χ1n) is 8.01. The zero-order valence-corrected chi connectivity index (χ0v) is 14.3. The summed E-state index contributed by atoms with van der Waals surface area (Å²) in [5, 5.41) is 13.0. The highest BCUT2D eigenvalue weighted by atomic mass is 19.4. The topological polar surface area (TPSA) is 44.7 Å². The van der Waals surface area contributed by atoms with Gasteiger partial charge in [-0.1, -0.05) is 19.9 Å². The van der Waals surface area contributed by atoms with E-state index in [1.165, 1.54) is 13.2 Å². The van der Waals surface area contributed by atoms with Gasteiger partial charge in [-0.25, -0.2) is 0 Å². The maximum Gasteiger partial charge on any atom is 0.416 e. The van der Waals surface area contributed by atoms with Crippen LogP contribution in [0.5, 0.6) is 5.75 Å². The fourth-order valence-electron chi connectivity index (χ4n) is 3.29. The number of hydrogen-bond donors (Lipinski definition) is 2. The molecule has 1 aromatic carbocycles. The standard InChI is InChI=1S/C17H25F3N2O2/c1-16(2,11-23)15(22-8-6-21-7-9-22)13-5-4-12(24-3)10-14(13)17(18,19)20/h4-5,10,15,21,23H,6-9,11H2,1-3H3/t15-/m0/s1. The molecule has 0 aromatic heterocycles. The molecule has 0 aliphatic carbocycles. The average Bonchev–Trinajstić information content (AvgIpc) is 2.55. The lowest BCUT2D eigenvalue weighted by atomic mass is 9.78. The lowest BCUT2D eigenvalue weighted by Crippen LogP contribution is -2.50. The minimum Gasteiger partial charge on any atom is -0.497 e. The number of benzene rings is 1. The molecule has 1 aliphatic heterocycles. The number of nitrogens with zero attached hydrogens (tertiary/aromatic N) is 1. The molecule has 0 saturated carbocycles. The number of piperazine rings is 1. The molecule has 1 heterocycles. The van der Waals surface area contributed by atoms with Gasteiger partial charge in [-0.05, 0) is 17.7 Å². The molecule has 0 unspecified atom stereocenters. The van der Waals surface area contributed by atoms with Crippen LogP contribution < -0.4 is 10.1 Å². The largest absolute Gasteiger partial charge is 0.497 e. The SMILES string of the molecule is COc1ccc([C@H](N2CCNCC2)C(C)(C)CO)c(C(F)(F)F)c1. The smallest absolute Gasteiger partial charge is 0.416 e. The number of nitrogens with one attached hydrogen (secondary N) is 1. The van der Waals surface area contributed by atoms with Crippen molar-refractivity contribution in [2.75, 3.05) is 39.9 Å². The molecular weight excluding hydrogens is 321 g/mol. The predicted molar refractivity (Wildman–Crippen MR) is 86.0 cm³/mol. The van der Waals surface area contributed by atoms with E-state index in [1.54, 1.807) is 19.9 Å². The summed E-state index contributed by atoms with van der Waals surface area (Å²) in [6.07, 6.45) is -4.48.